The number of carboxylic acid groups (broad SMARTS) is 1. The van der Waals surface area contributed by atoms with Crippen molar-refractivity contribution >= 4 is 11.9 Å². The lowest BCUT2D eigenvalue weighted by atomic mass is 10.2. The second kappa shape index (κ2) is 5.47. The Hall–Kier alpha value is -1.78. The number of aromatic nitrogens is 1. The molecule has 1 fully saturated rings. The third kappa shape index (κ3) is 2.80. The van der Waals surface area contributed by atoms with Crippen molar-refractivity contribution in [1.29, 1.82) is 0 Å². The number of aliphatic carboxylic acids is 1. The molecular formula is C14H20N2O3. The summed E-state index contributed by atoms with van der Waals surface area (Å²) in [6.45, 7) is 1.71. The van der Waals surface area contributed by atoms with Gasteiger partial charge < -0.3 is 14.6 Å². The van der Waals surface area contributed by atoms with E-state index in [9.17, 15) is 9.59 Å². The molecule has 0 aromatic carbocycles. The molecular weight excluding hydrogens is 244 g/mol. The first kappa shape index (κ1) is 13.6. The highest BCUT2D eigenvalue weighted by Gasteiger charge is 2.30. The SMILES string of the molecule is Cc1ccc(C(=O)N(CC(=O)O)C2CCCC2)n1C. The predicted octanol–water partition coefficient (Wildman–Crippen LogP) is 1.80. The molecule has 19 heavy (non-hydrogen) atoms. The summed E-state index contributed by atoms with van der Waals surface area (Å²) in [6, 6.07) is 3.71. The number of carboxylic acids is 1. The molecule has 1 saturated carbocycles. The normalized spacial score (nSPS) is 15.7. The van der Waals surface area contributed by atoms with Crippen LogP contribution in [0.3, 0.4) is 0 Å². The lowest BCUT2D eigenvalue weighted by Crippen LogP contribution is -2.42. The first-order valence-electron chi connectivity index (χ1n) is 6.66. The fourth-order valence-corrected chi connectivity index (χ4v) is 2.70. The number of rotatable bonds is 4. The van der Waals surface area contributed by atoms with E-state index in [0.29, 0.717) is 5.69 Å². The molecule has 0 aliphatic heterocycles. The van der Waals surface area contributed by atoms with Crippen LogP contribution in [0.5, 0.6) is 0 Å². The monoisotopic (exact) mass is 264 g/mol. The molecule has 1 heterocycles. The molecule has 1 aromatic rings. The minimum atomic E-state index is -0.953. The van der Waals surface area contributed by atoms with Gasteiger partial charge in [0.2, 0.25) is 0 Å². The van der Waals surface area contributed by atoms with E-state index in [4.69, 9.17) is 5.11 Å². The molecule has 2 rings (SSSR count). The molecule has 0 spiro atoms. The van der Waals surface area contributed by atoms with Gasteiger partial charge in [0, 0.05) is 18.8 Å². The third-order valence-electron chi connectivity index (χ3n) is 3.92. The van der Waals surface area contributed by atoms with Crippen LogP contribution in [-0.4, -0.2) is 39.0 Å². The number of carbonyl (C=O) groups excluding carboxylic acids is 1. The Morgan fingerprint density at radius 1 is 1.37 bits per heavy atom. The maximum Gasteiger partial charge on any atom is 0.323 e. The topological polar surface area (TPSA) is 62.5 Å². The van der Waals surface area contributed by atoms with Crippen LogP contribution in [0.4, 0.5) is 0 Å². The van der Waals surface area contributed by atoms with Crippen molar-refractivity contribution in [3.05, 3.63) is 23.5 Å². The fraction of sp³-hybridized carbons (Fsp3) is 0.571. The van der Waals surface area contributed by atoms with Gasteiger partial charge >= 0.3 is 5.97 Å². The molecule has 0 saturated heterocycles. The van der Waals surface area contributed by atoms with Gasteiger partial charge in [0.05, 0.1) is 0 Å². The van der Waals surface area contributed by atoms with Gasteiger partial charge in [-0.25, -0.2) is 0 Å². The number of hydrogen-bond acceptors (Lipinski definition) is 2. The molecule has 0 radical (unpaired) electrons. The Morgan fingerprint density at radius 2 is 2.00 bits per heavy atom. The second-order valence-corrected chi connectivity index (χ2v) is 5.18. The maximum atomic E-state index is 12.5. The number of carbonyl (C=O) groups is 2. The molecule has 104 valence electrons. The van der Waals surface area contributed by atoms with Crippen molar-refractivity contribution in [2.24, 2.45) is 7.05 Å². The highest BCUT2D eigenvalue weighted by Crippen LogP contribution is 2.25. The van der Waals surface area contributed by atoms with Gasteiger partial charge in [0.15, 0.2) is 0 Å². The van der Waals surface area contributed by atoms with E-state index in [1.54, 1.807) is 6.07 Å². The van der Waals surface area contributed by atoms with Crippen LogP contribution in [0.2, 0.25) is 0 Å². The van der Waals surface area contributed by atoms with Gasteiger partial charge in [-0.1, -0.05) is 12.8 Å². The zero-order valence-corrected chi connectivity index (χ0v) is 11.4. The van der Waals surface area contributed by atoms with E-state index in [-0.39, 0.29) is 18.5 Å². The van der Waals surface area contributed by atoms with E-state index in [1.807, 2.05) is 24.6 Å². The fourth-order valence-electron chi connectivity index (χ4n) is 2.70. The molecule has 1 amide bonds. The van der Waals surface area contributed by atoms with Gasteiger partial charge in [0.1, 0.15) is 12.2 Å². The van der Waals surface area contributed by atoms with Crippen LogP contribution in [0, 0.1) is 6.92 Å². The molecule has 0 bridgehead atoms. The summed E-state index contributed by atoms with van der Waals surface area (Å²) in [6.07, 6.45) is 3.95. The molecule has 1 aliphatic rings. The van der Waals surface area contributed by atoms with Crippen molar-refractivity contribution < 1.29 is 14.7 Å². The van der Waals surface area contributed by atoms with E-state index < -0.39 is 5.97 Å². The van der Waals surface area contributed by atoms with Gasteiger partial charge in [-0.05, 0) is 31.9 Å². The maximum absolute atomic E-state index is 12.5. The zero-order valence-electron chi connectivity index (χ0n) is 11.4. The molecule has 1 aromatic heterocycles. The first-order chi connectivity index (χ1) is 9.00. The van der Waals surface area contributed by atoms with Crippen molar-refractivity contribution in [1.82, 2.24) is 9.47 Å². The average molecular weight is 264 g/mol. The number of aryl methyl sites for hydroxylation is 1. The average Bonchev–Trinajstić information content (AvgIpc) is 2.97. The number of amides is 1. The quantitative estimate of drug-likeness (QED) is 0.902. The molecule has 5 heteroatoms. The highest BCUT2D eigenvalue weighted by molar-refractivity contribution is 5.95. The van der Waals surface area contributed by atoms with Crippen LogP contribution in [0.15, 0.2) is 12.1 Å². The summed E-state index contributed by atoms with van der Waals surface area (Å²) < 4.78 is 1.81. The molecule has 5 nitrogen and oxygen atoms in total. The Morgan fingerprint density at radius 3 is 2.47 bits per heavy atom. The van der Waals surface area contributed by atoms with Gasteiger partial charge in [-0.2, -0.15) is 0 Å². The number of hydrogen-bond donors (Lipinski definition) is 1. The van der Waals surface area contributed by atoms with E-state index in [1.165, 1.54) is 4.90 Å². The summed E-state index contributed by atoms with van der Waals surface area (Å²) in [7, 11) is 1.83. The second-order valence-electron chi connectivity index (χ2n) is 5.18. The largest absolute Gasteiger partial charge is 0.480 e. The lowest BCUT2D eigenvalue weighted by molar-refractivity contribution is -0.138. The van der Waals surface area contributed by atoms with Crippen LogP contribution in [0.1, 0.15) is 41.9 Å². The van der Waals surface area contributed by atoms with E-state index in [0.717, 1.165) is 31.4 Å². The third-order valence-corrected chi connectivity index (χ3v) is 3.92. The summed E-state index contributed by atoms with van der Waals surface area (Å²) in [5, 5.41) is 9.01. The van der Waals surface area contributed by atoms with Crippen LogP contribution in [0.25, 0.3) is 0 Å². The van der Waals surface area contributed by atoms with E-state index >= 15 is 0 Å². The molecule has 1 N–H and O–H groups in total. The van der Waals surface area contributed by atoms with Crippen LogP contribution in [-0.2, 0) is 11.8 Å². The first-order valence-corrected chi connectivity index (χ1v) is 6.66. The summed E-state index contributed by atoms with van der Waals surface area (Å²) >= 11 is 0. The zero-order chi connectivity index (χ0) is 14.0. The van der Waals surface area contributed by atoms with Crippen molar-refractivity contribution in [3.63, 3.8) is 0 Å². The van der Waals surface area contributed by atoms with Crippen molar-refractivity contribution in [3.8, 4) is 0 Å². The lowest BCUT2D eigenvalue weighted by Gasteiger charge is -2.27. The molecule has 0 unspecified atom stereocenters. The van der Waals surface area contributed by atoms with E-state index in [2.05, 4.69) is 0 Å². The van der Waals surface area contributed by atoms with Crippen LogP contribution >= 0.6 is 0 Å². The summed E-state index contributed by atoms with van der Waals surface area (Å²) in [5.74, 6) is -1.13. The summed E-state index contributed by atoms with van der Waals surface area (Å²) in [5.41, 5.74) is 1.55. The predicted molar refractivity (Wildman–Crippen MR) is 71.1 cm³/mol. The minimum absolute atomic E-state index is 0.0683. The van der Waals surface area contributed by atoms with Crippen LogP contribution < -0.4 is 0 Å². The van der Waals surface area contributed by atoms with Gasteiger partial charge in [-0.3, -0.25) is 9.59 Å². The minimum Gasteiger partial charge on any atom is -0.480 e. The summed E-state index contributed by atoms with van der Waals surface area (Å²) in [4.78, 5) is 25.1. The Kier molecular flexibility index (Phi) is 3.93. The van der Waals surface area contributed by atoms with Crippen molar-refractivity contribution in [2.75, 3.05) is 6.54 Å². The number of nitrogens with zero attached hydrogens (tertiary/aromatic N) is 2. The van der Waals surface area contributed by atoms with Gasteiger partial charge in [-0.15, -0.1) is 0 Å². The van der Waals surface area contributed by atoms with Crippen molar-refractivity contribution in [2.45, 2.75) is 38.6 Å². The molecule has 0 atom stereocenters. The smallest absolute Gasteiger partial charge is 0.323 e. The molecule has 1 aliphatic carbocycles. The standard InChI is InChI=1S/C14H20N2O3/c1-10-7-8-12(15(10)2)14(19)16(9-13(17)18)11-5-3-4-6-11/h7-8,11H,3-6,9H2,1-2H3,(H,17,18). The highest BCUT2D eigenvalue weighted by atomic mass is 16.4. The van der Waals surface area contributed by atoms with Gasteiger partial charge in [0.25, 0.3) is 5.91 Å². The Labute approximate surface area is 112 Å². The Bertz CT molecular complexity index is 487. The Balaban J connectivity index is 2.24.